The second kappa shape index (κ2) is 5.14. The van der Waals surface area contributed by atoms with Gasteiger partial charge in [0.25, 0.3) is 0 Å². The summed E-state index contributed by atoms with van der Waals surface area (Å²) in [7, 11) is 0. The molecule has 0 spiro atoms. The van der Waals surface area contributed by atoms with Crippen molar-refractivity contribution in [1.82, 2.24) is 0 Å². The molecule has 0 aliphatic carbocycles. The van der Waals surface area contributed by atoms with Crippen molar-refractivity contribution < 1.29 is 4.42 Å². The van der Waals surface area contributed by atoms with E-state index in [1.54, 1.807) is 0 Å². The zero-order valence-electron chi connectivity index (χ0n) is 13.0. The van der Waals surface area contributed by atoms with Crippen LogP contribution >= 0.6 is 0 Å². The summed E-state index contributed by atoms with van der Waals surface area (Å²) in [6.45, 7) is 0. The van der Waals surface area contributed by atoms with E-state index in [1.807, 2.05) is 36.4 Å². The Labute approximate surface area is 139 Å². The summed E-state index contributed by atoms with van der Waals surface area (Å²) in [6.07, 6.45) is 0. The summed E-state index contributed by atoms with van der Waals surface area (Å²) in [5, 5.41) is 8.16. The van der Waals surface area contributed by atoms with Gasteiger partial charge in [-0.15, -0.1) is 0 Å². The van der Waals surface area contributed by atoms with Crippen molar-refractivity contribution in [3.63, 3.8) is 0 Å². The van der Waals surface area contributed by atoms with Gasteiger partial charge in [-0.1, -0.05) is 42.5 Å². The first-order valence-corrected chi connectivity index (χ1v) is 8.04. The van der Waals surface area contributed by atoms with Gasteiger partial charge < -0.3 is 9.73 Å². The summed E-state index contributed by atoms with van der Waals surface area (Å²) in [5.74, 6) is 0. The van der Waals surface area contributed by atoms with Crippen LogP contribution in [0.5, 0.6) is 0 Å². The molecule has 114 valence electrons. The average molecular weight is 309 g/mol. The average Bonchev–Trinajstić information content (AvgIpc) is 2.98. The number of hydrogen-bond donors (Lipinski definition) is 1. The van der Waals surface area contributed by atoms with Crippen LogP contribution in [-0.2, 0) is 0 Å². The van der Waals surface area contributed by atoms with Gasteiger partial charge in [-0.25, -0.2) is 0 Å². The maximum absolute atomic E-state index is 6.00. The van der Waals surface area contributed by atoms with Gasteiger partial charge in [-0.3, -0.25) is 0 Å². The number of para-hydroxylation sites is 2. The molecule has 1 N–H and O–H groups in total. The highest BCUT2D eigenvalue weighted by Gasteiger charge is 2.08. The van der Waals surface area contributed by atoms with Crippen molar-refractivity contribution >= 4 is 44.1 Å². The van der Waals surface area contributed by atoms with Gasteiger partial charge in [-0.05, 0) is 53.2 Å². The SMILES string of the molecule is c1ccc(Nc2ccc3cc4c(cc3c2)oc2ccccc24)cc1. The van der Waals surface area contributed by atoms with Gasteiger partial charge in [0.2, 0.25) is 0 Å². The standard InChI is InChI=1S/C22H15NO/c1-2-6-17(7-3-1)23-18-11-10-15-13-20-19-8-4-5-9-21(19)24-22(20)14-16(15)12-18/h1-14,23H. The predicted molar refractivity (Wildman–Crippen MR) is 101 cm³/mol. The van der Waals surface area contributed by atoms with E-state index < -0.39 is 0 Å². The van der Waals surface area contributed by atoms with E-state index in [2.05, 4.69) is 53.8 Å². The molecule has 1 heterocycles. The molecule has 0 atom stereocenters. The fourth-order valence-electron chi connectivity index (χ4n) is 3.23. The van der Waals surface area contributed by atoms with Crippen LogP contribution in [0.1, 0.15) is 0 Å². The Morgan fingerprint density at radius 2 is 1.38 bits per heavy atom. The molecule has 1 aromatic heterocycles. The third-order valence-corrected chi connectivity index (χ3v) is 4.40. The van der Waals surface area contributed by atoms with Crippen molar-refractivity contribution in [3.05, 3.63) is 84.9 Å². The second-order valence-corrected chi connectivity index (χ2v) is 6.00. The first-order valence-electron chi connectivity index (χ1n) is 8.04. The first-order chi connectivity index (χ1) is 11.9. The molecule has 0 saturated heterocycles. The van der Waals surface area contributed by atoms with Gasteiger partial charge in [-0.2, -0.15) is 0 Å². The fourth-order valence-corrected chi connectivity index (χ4v) is 3.23. The van der Waals surface area contributed by atoms with Crippen LogP contribution in [0.15, 0.2) is 89.3 Å². The summed E-state index contributed by atoms with van der Waals surface area (Å²) >= 11 is 0. The number of nitrogens with one attached hydrogen (secondary N) is 1. The summed E-state index contributed by atoms with van der Waals surface area (Å²) in [4.78, 5) is 0. The third kappa shape index (κ3) is 2.12. The lowest BCUT2D eigenvalue weighted by Crippen LogP contribution is -1.89. The highest BCUT2D eigenvalue weighted by Crippen LogP contribution is 2.33. The number of rotatable bonds is 2. The molecule has 0 aliphatic heterocycles. The summed E-state index contributed by atoms with van der Waals surface area (Å²) in [5.41, 5.74) is 4.02. The Morgan fingerprint density at radius 3 is 2.29 bits per heavy atom. The van der Waals surface area contributed by atoms with E-state index >= 15 is 0 Å². The summed E-state index contributed by atoms with van der Waals surface area (Å²) in [6, 6.07) is 29.1. The molecule has 5 aromatic rings. The molecule has 0 bridgehead atoms. The van der Waals surface area contributed by atoms with E-state index in [-0.39, 0.29) is 0 Å². The number of hydrogen-bond acceptors (Lipinski definition) is 2. The molecule has 0 radical (unpaired) electrons. The maximum atomic E-state index is 6.00. The van der Waals surface area contributed by atoms with Crippen LogP contribution in [0.25, 0.3) is 32.7 Å². The van der Waals surface area contributed by atoms with E-state index in [9.17, 15) is 0 Å². The van der Waals surface area contributed by atoms with E-state index in [1.165, 1.54) is 21.5 Å². The molecule has 0 fully saturated rings. The molecule has 0 aliphatic rings. The lowest BCUT2D eigenvalue weighted by Gasteiger charge is -2.07. The normalized spacial score (nSPS) is 11.3. The minimum absolute atomic E-state index is 0.931. The van der Waals surface area contributed by atoms with Crippen molar-refractivity contribution in [2.45, 2.75) is 0 Å². The molecular formula is C22H15NO. The van der Waals surface area contributed by atoms with Crippen LogP contribution in [-0.4, -0.2) is 0 Å². The van der Waals surface area contributed by atoms with Gasteiger partial charge in [0.05, 0.1) is 0 Å². The highest BCUT2D eigenvalue weighted by molar-refractivity contribution is 6.10. The largest absolute Gasteiger partial charge is 0.456 e. The Hall–Kier alpha value is -3.26. The molecule has 0 unspecified atom stereocenters. The molecule has 2 heteroatoms. The quantitative estimate of drug-likeness (QED) is 0.403. The van der Waals surface area contributed by atoms with Crippen molar-refractivity contribution in [3.8, 4) is 0 Å². The number of anilines is 2. The Morgan fingerprint density at radius 1 is 0.542 bits per heavy atom. The first kappa shape index (κ1) is 13.2. The second-order valence-electron chi connectivity index (χ2n) is 6.00. The third-order valence-electron chi connectivity index (χ3n) is 4.40. The van der Waals surface area contributed by atoms with Crippen LogP contribution in [0.4, 0.5) is 11.4 Å². The van der Waals surface area contributed by atoms with Crippen molar-refractivity contribution in [1.29, 1.82) is 0 Å². The molecule has 24 heavy (non-hydrogen) atoms. The maximum Gasteiger partial charge on any atom is 0.136 e. The zero-order chi connectivity index (χ0) is 15.9. The molecule has 0 saturated carbocycles. The lowest BCUT2D eigenvalue weighted by atomic mass is 10.1. The highest BCUT2D eigenvalue weighted by atomic mass is 16.3. The minimum Gasteiger partial charge on any atom is -0.456 e. The van der Waals surface area contributed by atoms with Crippen molar-refractivity contribution in [2.24, 2.45) is 0 Å². The smallest absolute Gasteiger partial charge is 0.136 e. The monoisotopic (exact) mass is 309 g/mol. The fraction of sp³-hybridized carbons (Fsp3) is 0. The molecule has 2 nitrogen and oxygen atoms in total. The van der Waals surface area contributed by atoms with Crippen LogP contribution in [0.2, 0.25) is 0 Å². The van der Waals surface area contributed by atoms with Gasteiger partial charge >= 0.3 is 0 Å². The Balaban J connectivity index is 1.66. The lowest BCUT2D eigenvalue weighted by molar-refractivity contribution is 0.669. The van der Waals surface area contributed by atoms with Gasteiger partial charge in [0, 0.05) is 22.1 Å². The van der Waals surface area contributed by atoms with Gasteiger partial charge in [0.15, 0.2) is 0 Å². The van der Waals surface area contributed by atoms with Gasteiger partial charge in [0.1, 0.15) is 11.2 Å². The molecule has 0 amide bonds. The molecule has 4 aromatic carbocycles. The zero-order valence-corrected chi connectivity index (χ0v) is 13.0. The predicted octanol–water partition coefficient (Wildman–Crippen LogP) is 6.48. The number of furan rings is 1. The number of benzene rings is 4. The van der Waals surface area contributed by atoms with E-state index in [4.69, 9.17) is 4.42 Å². The van der Waals surface area contributed by atoms with E-state index in [0.29, 0.717) is 0 Å². The van der Waals surface area contributed by atoms with Crippen LogP contribution < -0.4 is 5.32 Å². The Bertz CT molecular complexity index is 1170. The van der Waals surface area contributed by atoms with Crippen LogP contribution in [0.3, 0.4) is 0 Å². The topological polar surface area (TPSA) is 25.2 Å². The molecular weight excluding hydrogens is 294 g/mol. The number of fused-ring (bicyclic) bond motifs is 4. The summed E-state index contributed by atoms with van der Waals surface area (Å²) < 4.78 is 6.00. The van der Waals surface area contributed by atoms with Crippen LogP contribution in [0, 0.1) is 0 Å². The molecule has 5 rings (SSSR count). The van der Waals surface area contributed by atoms with Crippen molar-refractivity contribution in [2.75, 3.05) is 5.32 Å². The minimum atomic E-state index is 0.931. The Kier molecular flexibility index (Phi) is 2.83. The van der Waals surface area contributed by atoms with E-state index in [0.717, 1.165) is 22.5 Å².